The molecule has 0 saturated heterocycles. The molecule has 1 heterocycles. The molecular weight excluding hydrogens is 260 g/mol. The van der Waals surface area contributed by atoms with E-state index in [2.05, 4.69) is 51.8 Å². The molecular formula is C17H22N4. The molecule has 1 fully saturated rings. The van der Waals surface area contributed by atoms with Gasteiger partial charge in [0.1, 0.15) is 18.0 Å². The minimum Gasteiger partial charge on any atom is -0.367 e. The van der Waals surface area contributed by atoms with Crippen LogP contribution in [-0.4, -0.2) is 16.0 Å². The van der Waals surface area contributed by atoms with Gasteiger partial charge in [-0.2, -0.15) is 0 Å². The highest BCUT2D eigenvalue weighted by Crippen LogP contribution is 2.22. The molecule has 110 valence electrons. The molecule has 3 rings (SSSR count). The van der Waals surface area contributed by atoms with Crippen LogP contribution in [0.5, 0.6) is 0 Å². The quantitative estimate of drug-likeness (QED) is 0.879. The summed E-state index contributed by atoms with van der Waals surface area (Å²) in [4.78, 5) is 8.61. The second-order valence-corrected chi connectivity index (χ2v) is 5.76. The Hall–Kier alpha value is -2.10. The van der Waals surface area contributed by atoms with Gasteiger partial charge in [-0.3, -0.25) is 0 Å². The summed E-state index contributed by atoms with van der Waals surface area (Å²) in [5.41, 5.74) is 2.30. The minimum atomic E-state index is 0.556. The summed E-state index contributed by atoms with van der Waals surface area (Å²) in [6, 6.07) is 10.8. The smallest absolute Gasteiger partial charge is 0.135 e. The van der Waals surface area contributed by atoms with Crippen molar-refractivity contribution in [3.05, 3.63) is 42.2 Å². The van der Waals surface area contributed by atoms with Crippen molar-refractivity contribution in [2.45, 2.75) is 45.1 Å². The zero-order valence-electron chi connectivity index (χ0n) is 12.5. The Balaban J connectivity index is 1.66. The van der Waals surface area contributed by atoms with Crippen molar-refractivity contribution in [1.82, 2.24) is 9.97 Å². The van der Waals surface area contributed by atoms with E-state index in [1.54, 1.807) is 6.33 Å². The number of nitrogens with one attached hydrogen (secondary N) is 2. The highest BCUT2D eigenvalue weighted by molar-refractivity contribution is 5.59. The lowest BCUT2D eigenvalue weighted by molar-refractivity contribution is 0.462. The predicted octanol–water partition coefficient (Wildman–Crippen LogP) is 4.27. The average molecular weight is 282 g/mol. The van der Waals surface area contributed by atoms with Crippen molar-refractivity contribution in [3.8, 4) is 0 Å². The van der Waals surface area contributed by atoms with E-state index in [1.165, 1.54) is 37.7 Å². The van der Waals surface area contributed by atoms with Crippen molar-refractivity contribution in [2.75, 3.05) is 10.6 Å². The minimum absolute atomic E-state index is 0.556. The maximum absolute atomic E-state index is 4.33. The van der Waals surface area contributed by atoms with Crippen LogP contribution in [0.4, 0.5) is 17.3 Å². The molecule has 21 heavy (non-hydrogen) atoms. The van der Waals surface area contributed by atoms with Gasteiger partial charge < -0.3 is 10.6 Å². The Morgan fingerprint density at radius 1 is 0.952 bits per heavy atom. The third kappa shape index (κ3) is 3.94. The van der Waals surface area contributed by atoms with Gasteiger partial charge in [-0.25, -0.2) is 9.97 Å². The molecule has 1 aromatic carbocycles. The summed E-state index contributed by atoms with van der Waals surface area (Å²) in [6.07, 6.45) is 8.09. The van der Waals surface area contributed by atoms with E-state index in [1.807, 2.05) is 6.07 Å². The maximum atomic E-state index is 4.33. The number of rotatable bonds is 4. The number of aryl methyl sites for hydroxylation is 1. The normalized spacial score (nSPS) is 15.7. The molecule has 2 aromatic rings. The van der Waals surface area contributed by atoms with Gasteiger partial charge in [-0.15, -0.1) is 0 Å². The highest BCUT2D eigenvalue weighted by Gasteiger charge is 2.13. The fourth-order valence-electron chi connectivity index (χ4n) is 2.75. The topological polar surface area (TPSA) is 49.8 Å². The summed E-state index contributed by atoms with van der Waals surface area (Å²) in [5, 5.41) is 6.84. The number of aromatic nitrogens is 2. The van der Waals surface area contributed by atoms with Crippen molar-refractivity contribution in [1.29, 1.82) is 0 Å². The molecule has 0 unspecified atom stereocenters. The van der Waals surface area contributed by atoms with Crippen LogP contribution in [0.25, 0.3) is 0 Å². The summed E-state index contributed by atoms with van der Waals surface area (Å²) in [5.74, 6) is 1.73. The molecule has 0 spiro atoms. The lowest BCUT2D eigenvalue weighted by Gasteiger charge is -2.23. The van der Waals surface area contributed by atoms with Gasteiger partial charge in [0.15, 0.2) is 0 Å². The largest absolute Gasteiger partial charge is 0.367 e. The monoisotopic (exact) mass is 282 g/mol. The van der Waals surface area contributed by atoms with Crippen molar-refractivity contribution in [3.63, 3.8) is 0 Å². The van der Waals surface area contributed by atoms with Gasteiger partial charge in [-0.1, -0.05) is 37.0 Å². The molecule has 4 heteroatoms. The van der Waals surface area contributed by atoms with Crippen molar-refractivity contribution in [2.24, 2.45) is 0 Å². The number of hydrogen-bond donors (Lipinski definition) is 2. The van der Waals surface area contributed by atoms with E-state index >= 15 is 0 Å². The fourth-order valence-corrected chi connectivity index (χ4v) is 2.75. The van der Waals surface area contributed by atoms with E-state index in [9.17, 15) is 0 Å². The summed E-state index contributed by atoms with van der Waals surface area (Å²) >= 11 is 0. The molecule has 4 nitrogen and oxygen atoms in total. The van der Waals surface area contributed by atoms with Crippen LogP contribution in [0.1, 0.15) is 37.7 Å². The molecule has 0 atom stereocenters. The molecule has 1 aromatic heterocycles. The van der Waals surface area contributed by atoms with Gasteiger partial charge in [0, 0.05) is 17.8 Å². The van der Waals surface area contributed by atoms with E-state index in [4.69, 9.17) is 0 Å². The number of nitrogens with zero attached hydrogens (tertiary/aromatic N) is 2. The van der Waals surface area contributed by atoms with E-state index < -0.39 is 0 Å². The van der Waals surface area contributed by atoms with Crippen LogP contribution in [0.3, 0.4) is 0 Å². The van der Waals surface area contributed by atoms with Crippen molar-refractivity contribution >= 4 is 17.3 Å². The Bertz CT molecular complexity index is 574. The molecule has 0 aliphatic heterocycles. The van der Waals surface area contributed by atoms with Gasteiger partial charge in [0.2, 0.25) is 0 Å². The molecule has 1 aliphatic carbocycles. The third-order valence-electron chi connectivity index (χ3n) is 3.95. The lowest BCUT2D eigenvalue weighted by Crippen LogP contribution is -2.22. The van der Waals surface area contributed by atoms with Crippen LogP contribution in [0.2, 0.25) is 0 Å². The molecule has 1 aliphatic rings. The molecule has 0 bridgehead atoms. The van der Waals surface area contributed by atoms with Crippen LogP contribution in [0.15, 0.2) is 36.7 Å². The molecule has 2 N–H and O–H groups in total. The van der Waals surface area contributed by atoms with Crippen LogP contribution in [-0.2, 0) is 0 Å². The number of hydrogen-bond acceptors (Lipinski definition) is 4. The van der Waals surface area contributed by atoms with Crippen LogP contribution >= 0.6 is 0 Å². The Morgan fingerprint density at radius 2 is 1.67 bits per heavy atom. The van der Waals surface area contributed by atoms with Gasteiger partial charge in [-0.05, 0) is 31.9 Å². The second kappa shape index (κ2) is 6.57. The molecule has 0 radical (unpaired) electrons. The summed E-state index contributed by atoms with van der Waals surface area (Å²) in [7, 11) is 0. The number of benzene rings is 1. The zero-order valence-corrected chi connectivity index (χ0v) is 12.5. The SMILES string of the molecule is Cc1ccc(Nc2cc(NC3CCCCC3)ncn2)cc1. The first kappa shape index (κ1) is 13.9. The Labute approximate surface area is 126 Å². The summed E-state index contributed by atoms with van der Waals surface area (Å²) in [6.45, 7) is 2.08. The number of anilines is 3. The molecule has 1 saturated carbocycles. The second-order valence-electron chi connectivity index (χ2n) is 5.76. The van der Waals surface area contributed by atoms with E-state index in [0.29, 0.717) is 6.04 Å². The summed E-state index contributed by atoms with van der Waals surface area (Å²) < 4.78 is 0. The van der Waals surface area contributed by atoms with Crippen LogP contribution in [0, 0.1) is 6.92 Å². The van der Waals surface area contributed by atoms with Crippen LogP contribution < -0.4 is 10.6 Å². The lowest BCUT2D eigenvalue weighted by atomic mass is 9.95. The Morgan fingerprint density at radius 3 is 2.43 bits per heavy atom. The van der Waals surface area contributed by atoms with Gasteiger partial charge in [0.05, 0.1) is 0 Å². The third-order valence-corrected chi connectivity index (χ3v) is 3.95. The fraction of sp³-hybridized carbons (Fsp3) is 0.412. The van der Waals surface area contributed by atoms with E-state index in [-0.39, 0.29) is 0 Å². The van der Waals surface area contributed by atoms with Gasteiger partial charge in [0.25, 0.3) is 0 Å². The maximum Gasteiger partial charge on any atom is 0.135 e. The Kier molecular flexibility index (Phi) is 4.34. The molecule has 0 amide bonds. The first-order valence-electron chi connectivity index (χ1n) is 7.72. The first-order chi connectivity index (χ1) is 10.3. The standard InChI is InChI=1S/C17H22N4/c1-13-7-9-15(10-8-13)21-17-11-16(18-12-19-17)20-14-5-3-2-4-6-14/h7-12,14H,2-6H2,1H3,(H2,18,19,20,21). The average Bonchev–Trinajstić information content (AvgIpc) is 2.51. The highest BCUT2D eigenvalue weighted by atomic mass is 15.1. The van der Waals surface area contributed by atoms with E-state index in [0.717, 1.165) is 17.3 Å². The van der Waals surface area contributed by atoms with Crippen molar-refractivity contribution < 1.29 is 0 Å². The zero-order chi connectivity index (χ0) is 14.5. The first-order valence-corrected chi connectivity index (χ1v) is 7.72. The van der Waals surface area contributed by atoms with Gasteiger partial charge >= 0.3 is 0 Å². The predicted molar refractivity (Wildman–Crippen MR) is 87.0 cm³/mol.